The Bertz CT molecular complexity index is 658. The van der Waals surface area contributed by atoms with E-state index in [4.69, 9.17) is 16.7 Å². The molecular formula is C15H13BrClNO2. The number of aromatic carboxylic acids is 1. The summed E-state index contributed by atoms with van der Waals surface area (Å²) in [4.78, 5) is 11.1. The monoisotopic (exact) mass is 353 g/mol. The van der Waals surface area contributed by atoms with Crippen LogP contribution < -0.4 is 5.32 Å². The van der Waals surface area contributed by atoms with E-state index in [9.17, 15) is 4.79 Å². The maximum Gasteiger partial charge on any atom is 0.336 e. The highest BCUT2D eigenvalue weighted by Gasteiger charge is 2.10. The van der Waals surface area contributed by atoms with E-state index in [1.165, 1.54) is 0 Å². The van der Waals surface area contributed by atoms with E-state index in [-0.39, 0.29) is 0 Å². The van der Waals surface area contributed by atoms with Gasteiger partial charge in [0.1, 0.15) is 0 Å². The minimum absolute atomic E-state index is 0.310. The van der Waals surface area contributed by atoms with Gasteiger partial charge >= 0.3 is 5.97 Å². The van der Waals surface area contributed by atoms with Gasteiger partial charge in [-0.05, 0) is 42.3 Å². The van der Waals surface area contributed by atoms with Gasteiger partial charge in [0.25, 0.3) is 0 Å². The number of rotatable bonds is 4. The van der Waals surface area contributed by atoms with Gasteiger partial charge in [-0.1, -0.05) is 39.7 Å². The number of carbonyl (C=O) groups is 1. The van der Waals surface area contributed by atoms with E-state index in [1.807, 2.05) is 24.3 Å². The molecule has 3 nitrogen and oxygen atoms in total. The van der Waals surface area contributed by atoms with Crippen molar-refractivity contribution in [2.24, 2.45) is 0 Å². The second-order valence-electron chi connectivity index (χ2n) is 4.37. The summed E-state index contributed by atoms with van der Waals surface area (Å²) in [5, 5.41) is 13.0. The lowest BCUT2D eigenvalue weighted by molar-refractivity contribution is 0.0696. The Morgan fingerprint density at radius 1 is 1.35 bits per heavy atom. The van der Waals surface area contributed by atoms with Crippen LogP contribution in [0.25, 0.3) is 0 Å². The normalized spacial score (nSPS) is 10.3. The van der Waals surface area contributed by atoms with Crippen LogP contribution in [-0.4, -0.2) is 11.1 Å². The summed E-state index contributed by atoms with van der Waals surface area (Å²) in [6, 6.07) is 10.8. The molecule has 0 bridgehead atoms. The molecule has 0 aromatic heterocycles. The first kappa shape index (κ1) is 14.9. The lowest BCUT2D eigenvalue weighted by Gasteiger charge is -2.12. The van der Waals surface area contributed by atoms with E-state index >= 15 is 0 Å². The van der Waals surface area contributed by atoms with E-state index in [2.05, 4.69) is 21.2 Å². The van der Waals surface area contributed by atoms with E-state index < -0.39 is 5.97 Å². The van der Waals surface area contributed by atoms with E-state index in [0.29, 0.717) is 17.1 Å². The Balaban J connectivity index is 2.19. The molecule has 0 heterocycles. The fourth-order valence-electron chi connectivity index (χ4n) is 1.91. The van der Waals surface area contributed by atoms with Crippen molar-refractivity contribution < 1.29 is 9.90 Å². The number of hydrogen-bond acceptors (Lipinski definition) is 2. The van der Waals surface area contributed by atoms with Gasteiger partial charge in [-0.2, -0.15) is 0 Å². The minimum atomic E-state index is -0.918. The van der Waals surface area contributed by atoms with Crippen LogP contribution in [0.1, 0.15) is 21.5 Å². The summed E-state index contributed by atoms with van der Waals surface area (Å²) in [5.41, 5.74) is 2.90. The molecule has 0 saturated carbocycles. The van der Waals surface area contributed by atoms with Crippen LogP contribution in [0.5, 0.6) is 0 Å². The van der Waals surface area contributed by atoms with Gasteiger partial charge in [0.15, 0.2) is 0 Å². The molecule has 2 rings (SSSR count). The molecule has 0 aliphatic rings. The van der Waals surface area contributed by atoms with Crippen molar-refractivity contribution in [3.05, 3.63) is 62.6 Å². The zero-order chi connectivity index (χ0) is 14.7. The summed E-state index contributed by atoms with van der Waals surface area (Å²) in [6.45, 7) is 2.38. The third-order valence-electron chi connectivity index (χ3n) is 3.05. The molecular weight excluding hydrogens is 342 g/mol. The van der Waals surface area contributed by atoms with Gasteiger partial charge in [-0.25, -0.2) is 4.79 Å². The summed E-state index contributed by atoms with van der Waals surface area (Å²) in [6.07, 6.45) is 0. The molecule has 0 radical (unpaired) electrons. The maximum atomic E-state index is 11.1. The van der Waals surface area contributed by atoms with Gasteiger partial charge in [0, 0.05) is 21.7 Å². The van der Waals surface area contributed by atoms with Crippen LogP contribution in [0.15, 0.2) is 40.9 Å². The zero-order valence-electron chi connectivity index (χ0n) is 10.8. The quantitative estimate of drug-likeness (QED) is 0.835. The summed E-state index contributed by atoms with van der Waals surface area (Å²) < 4.78 is 0.921. The van der Waals surface area contributed by atoms with Crippen LogP contribution >= 0.6 is 27.5 Å². The lowest BCUT2D eigenvalue weighted by Crippen LogP contribution is -2.06. The maximum absolute atomic E-state index is 11.1. The third kappa shape index (κ3) is 3.32. The molecule has 0 amide bonds. The predicted molar refractivity (Wildman–Crippen MR) is 84.6 cm³/mol. The molecule has 2 aromatic rings. The molecule has 104 valence electrons. The Hall–Kier alpha value is -1.52. The fourth-order valence-corrected chi connectivity index (χ4v) is 2.74. The van der Waals surface area contributed by atoms with Crippen molar-refractivity contribution in [3.63, 3.8) is 0 Å². The zero-order valence-corrected chi connectivity index (χ0v) is 13.1. The largest absolute Gasteiger partial charge is 0.478 e. The summed E-state index contributed by atoms with van der Waals surface area (Å²) >= 11 is 9.36. The number of anilines is 1. The van der Waals surface area contributed by atoms with Crippen LogP contribution in [0, 0.1) is 6.92 Å². The molecule has 20 heavy (non-hydrogen) atoms. The van der Waals surface area contributed by atoms with Crippen molar-refractivity contribution in [1.82, 2.24) is 0 Å². The van der Waals surface area contributed by atoms with E-state index in [0.717, 1.165) is 21.3 Å². The van der Waals surface area contributed by atoms with Crippen molar-refractivity contribution in [2.45, 2.75) is 13.5 Å². The third-order valence-corrected chi connectivity index (χ3v) is 4.02. The highest BCUT2D eigenvalue weighted by atomic mass is 79.9. The minimum Gasteiger partial charge on any atom is -0.478 e. The first-order valence-corrected chi connectivity index (χ1v) is 7.17. The smallest absolute Gasteiger partial charge is 0.336 e. The molecule has 0 atom stereocenters. The number of carboxylic acids is 1. The Kier molecular flexibility index (Phi) is 4.68. The van der Waals surface area contributed by atoms with Crippen LogP contribution in [0.4, 0.5) is 5.69 Å². The molecule has 2 N–H and O–H groups in total. The standard InChI is InChI=1S/C15H13BrClNO2/c1-9-12(15(19)20)3-2-4-14(9)18-8-10-5-6-11(17)7-13(10)16/h2-7,18H,8H2,1H3,(H,19,20). The Morgan fingerprint density at radius 3 is 2.75 bits per heavy atom. The van der Waals surface area contributed by atoms with Gasteiger partial charge < -0.3 is 10.4 Å². The topological polar surface area (TPSA) is 49.3 Å². The highest BCUT2D eigenvalue weighted by Crippen LogP contribution is 2.24. The predicted octanol–water partition coefficient (Wildman–Crippen LogP) is 4.72. The number of benzene rings is 2. The van der Waals surface area contributed by atoms with Crippen molar-refractivity contribution >= 4 is 39.2 Å². The van der Waals surface area contributed by atoms with Crippen LogP contribution in [0.3, 0.4) is 0 Å². The number of hydrogen-bond donors (Lipinski definition) is 2. The molecule has 0 aliphatic carbocycles. The van der Waals surface area contributed by atoms with Gasteiger partial charge in [-0.15, -0.1) is 0 Å². The summed E-state index contributed by atoms with van der Waals surface area (Å²) in [7, 11) is 0. The SMILES string of the molecule is Cc1c(NCc2ccc(Cl)cc2Br)cccc1C(=O)O. The van der Waals surface area contributed by atoms with Gasteiger partial charge in [0.2, 0.25) is 0 Å². The molecule has 0 aliphatic heterocycles. The molecule has 0 unspecified atom stereocenters. The lowest BCUT2D eigenvalue weighted by atomic mass is 10.1. The molecule has 0 spiro atoms. The average Bonchev–Trinajstić information content (AvgIpc) is 2.39. The second kappa shape index (κ2) is 6.29. The molecule has 0 saturated heterocycles. The van der Waals surface area contributed by atoms with E-state index in [1.54, 1.807) is 19.1 Å². The molecule has 5 heteroatoms. The number of carboxylic acid groups (broad SMARTS) is 1. The Labute approximate surface area is 130 Å². The van der Waals surface area contributed by atoms with Crippen molar-refractivity contribution in [2.75, 3.05) is 5.32 Å². The second-order valence-corrected chi connectivity index (χ2v) is 5.66. The molecule has 0 fully saturated rings. The number of halogens is 2. The molecule has 2 aromatic carbocycles. The van der Waals surface area contributed by atoms with Crippen LogP contribution in [-0.2, 0) is 6.54 Å². The highest BCUT2D eigenvalue weighted by molar-refractivity contribution is 9.10. The fraction of sp³-hybridized carbons (Fsp3) is 0.133. The first-order chi connectivity index (χ1) is 9.49. The van der Waals surface area contributed by atoms with Crippen LogP contribution in [0.2, 0.25) is 5.02 Å². The Morgan fingerprint density at radius 2 is 2.10 bits per heavy atom. The van der Waals surface area contributed by atoms with Crippen molar-refractivity contribution in [1.29, 1.82) is 0 Å². The summed E-state index contributed by atoms with van der Waals surface area (Å²) in [5.74, 6) is -0.918. The van der Waals surface area contributed by atoms with Gasteiger partial charge in [-0.3, -0.25) is 0 Å². The number of nitrogens with one attached hydrogen (secondary N) is 1. The average molecular weight is 355 g/mol. The van der Waals surface area contributed by atoms with Gasteiger partial charge in [0.05, 0.1) is 5.56 Å². The van der Waals surface area contributed by atoms with Crippen molar-refractivity contribution in [3.8, 4) is 0 Å². The first-order valence-electron chi connectivity index (χ1n) is 5.99.